The fraction of sp³-hybridized carbons (Fsp3) is 0.562. The second kappa shape index (κ2) is 8.96. The topological polar surface area (TPSA) is 55.6 Å². The Morgan fingerprint density at radius 3 is 2.64 bits per heavy atom. The maximum absolute atomic E-state index is 12.7. The molecule has 2 unspecified atom stereocenters. The Hall–Kier alpha value is -1.33. The molecule has 6 heteroatoms. The van der Waals surface area contributed by atoms with Crippen LogP contribution in [-0.4, -0.2) is 37.0 Å². The molecule has 0 aliphatic heterocycles. The van der Waals surface area contributed by atoms with Gasteiger partial charge >= 0.3 is 0 Å². The molecular formula is C16H24ClFN2O2. The van der Waals surface area contributed by atoms with Crippen LogP contribution >= 0.6 is 12.4 Å². The van der Waals surface area contributed by atoms with E-state index in [0.29, 0.717) is 18.9 Å². The molecule has 1 saturated carbocycles. The lowest BCUT2D eigenvalue weighted by atomic mass is 10.0. The minimum atomic E-state index is -0.277. The van der Waals surface area contributed by atoms with Crippen molar-refractivity contribution in [2.24, 2.45) is 11.7 Å². The highest BCUT2D eigenvalue weighted by molar-refractivity contribution is 5.85. The number of halogens is 2. The Balaban J connectivity index is 0.00000242. The molecule has 1 fully saturated rings. The number of benzene rings is 1. The van der Waals surface area contributed by atoms with Crippen LogP contribution in [0.4, 0.5) is 4.39 Å². The minimum absolute atomic E-state index is 0. The van der Waals surface area contributed by atoms with Gasteiger partial charge in [0.25, 0.3) is 0 Å². The van der Waals surface area contributed by atoms with Crippen molar-refractivity contribution in [2.45, 2.75) is 31.7 Å². The van der Waals surface area contributed by atoms with Crippen LogP contribution in [-0.2, 0) is 4.79 Å². The molecule has 2 N–H and O–H groups in total. The van der Waals surface area contributed by atoms with E-state index in [4.69, 9.17) is 10.5 Å². The number of nitrogens with zero attached hydrogens (tertiary/aromatic N) is 1. The van der Waals surface area contributed by atoms with Crippen LogP contribution in [0.25, 0.3) is 0 Å². The Kier molecular flexibility index (Phi) is 7.62. The quantitative estimate of drug-likeness (QED) is 0.816. The maximum Gasteiger partial charge on any atom is 0.226 e. The van der Waals surface area contributed by atoms with E-state index in [9.17, 15) is 9.18 Å². The summed E-state index contributed by atoms with van der Waals surface area (Å²) in [7, 11) is 1.81. The molecule has 0 bridgehead atoms. The van der Waals surface area contributed by atoms with Crippen molar-refractivity contribution >= 4 is 18.3 Å². The number of carbonyl (C=O) groups is 1. The minimum Gasteiger partial charge on any atom is -0.494 e. The van der Waals surface area contributed by atoms with Gasteiger partial charge in [-0.3, -0.25) is 4.79 Å². The van der Waals surface area contributed by atoms with E-state index >= 15 is 0 Å². The molecule has 1 aliphatic rings. The van der Waals surface area contributed by atoms with E-state index in [1.807, 2.05) is 7.05 Å². The average Bonchev–Trinajstić information content (AvgIpc) is 2.90. The number of hydrogen-bond acceptors (Lipinski definition) is 3. The van der Waals surface area contributed by atoms with Crippen molar-refractivity contribution in [3.05, 3.63) is 30.1 Å². The van der Waals surface area contributed by atoms with E-state index in [2.05, 4.69) is 0 Å². The van der Waals surface area contributed by atoms with Gasteiger partial charge in [0.1, 0.15) is 11.6 Å². The van der Waals surface area contributed by atoms with Gasteiger partial charge in [-0.1, -0.05) is 6.42 Å². The molecule has 1 aromatic rings. The normalized spacial score (nSPS) is 20.3. The first-order valence-electron chi connectivity index (χ1n) is 7.47. The van der Waals surface area contributed by atoms with Gasteiger partial charge in [-0.15, -0.1) is 12.4 Å². The molecule has 2 atom stereocenters. The summed E-state index contributed by atoms with van der Waals surface area (Å²) in [4.78, 5) is 14.0. The Morgan fingerprint density at radius 2 is 2.05 bits per heavy atom. The molecule has 0 spiro atoms. The van der Waals surface area contributed by atoms with Gasteiger partial charge in [-0.25, -0.2) is 4.39 Å². The van der Waals surface area contributed by atoms with Crippen LogP contribution in [0, 0.1) is 11.7 Å². The lowest BCUT2D eigenvalue weighted by Gasteiger charge is -2.23. The highest BCUT2D eigenvalue weighted by Crippen LogP contribution is 2.25. The van der Waals surface area contributed by atoms with Gasteiger partial charge in [-0.2, -0.15) is 0 Å². The third-order valence-corrected chi connectivity index (χ3v) is 3.98. The monoisotopic (exact) mass is 330 g/mol. The highest BCUT2D eigenvalue weighted by Gasteiger charge is 2.31. The summed E-state index contributed by atoms with van der Waals surface area (Å²) >= 11 is 0. The standard InChI is InChI=1S/C16H23FN2O2.ClH/c1-19(16(20)14-4-2-5-15(14)18)10-3-11-21-13-8-6-12(17)7-9-13;/h6-9,14-15H,2-5,10-11,18H2,1H3;1H. The molecular weight excluding hydrogens is 307 g/mol. The largest absolute Gasteiger partial charge is 0.494 e. The Labute approximate surface area is 137 Å². The van der Waals surface area contributed by atoms with Crippen molar-refractivity contribution in [1.29, 1.82) is 0 Å². The van der Waals surface area contributed by atoms with Crippen LogP contribution in [0.5, 0.6) is 5.75 Å². The van der Waals surface area contributed by atoms with Crippen LogP contribution < -0.4 is 10.5 Å². The fourth-order valence-corrected chi connectivity index (χ4v) is 2.71. The van der Waals surface area contributed by atoms with Crippen LogP contribution in [0.15, 0.2) is 24.3 Å². The SMILES string of the molecule is CN(CCCOc1ccc(F)cc1)C(=O)C1CCCC1N.Cl. The van der Waals surface area contributed by atoms with Gasteiger partial charge in [0, 0.05) is 19.6 Å². The molecule has 124 valence electrons. The zero-order valence-electron chi connectivity index (χ0n) is 12.8. The van der Waals surface area contributed by atoms with Crippen molar-refractivity contribution in [2.75, 3.05) is 20.2 Å². The average molecular weight is 331 g/mol. The first-order chi connectivity index (χ1) is 10.1. The zero-order chi connectivity index (χ0) is 15.2. The molecule has 1 aromatic carbocycles. The number of carbonyl (C=O) groups excluding carboxylic acids is 1. The zero-order valence-corrected chi connectivity index (χ0v) is 13.7. The predicted octanol–water partition coefficient (Wildman–Crippen LogP) is 2.60. The first kappa shape index (κ1) is 18.7. The second-order valence-corrected chi connectivity index (χ2v) is 5.62. The van der Waals surface area contributed by atoms with Gasteiger partial charge in [0.05, 0.1) is 12.5 Å². The molecule has 1 aliphatic carbocycles. The molecule has 2 rings (SSSR count). The molecule has 1 amide bonds. The summed E-state index contributed by atoms with van der Waals surface area (Å²) in [5.74, 6) is 0.485. The molecule has 22 heavy (non-hydrogen) atoms. The van der Waals surface area contributed by atoms with Gasteiger partial charge in [-0.05, 0) is 43.5 Å². The van der Waals surface area contributed by atoms with E-state index < -0.39 is 0 Å². The van der Waals surface area contributed by atoms with Crippen molar-refractivity contribution in [1.82, 2.24) is 4.90 Å². The number of hydrogen-bond donors (Lipinski definition) is 1. The van der Waals surface area contributed by atoms with E-state index in [1.165, 1.54) is 12.1 Å². The van der Waals surface area contributed by atoms with E-state index in [-0.39, 0.29) is 36.1 Å². The summed E-state index contributed by atoms with van der Waals surface area (Å²) in [6.07, 6.45) is 3.62. The molecule has 0 saturated heterocycles. The van der Waals surface area contributed by atoms with Crippen LogP contribution in [0.2, 0.25) is 0 Å². The van der Waals surface area contributed by atoms with Gasteiger partial charge < -0.3 is 15.4 Å². The number of ether oxygens (including phenoxy) is 1. The molecule has 0 heterocycles. The van der Waals surface area contributed by atoms with Crippen molar-refractivity contribution in [3.63, 3.8) is 0 Å². The van der Waals surface area contributed by atoms with Gasteiger partial charge in [0.15, 0.2) is 0 Å². The van der Waals surface area contributed by atoms with Crippen molar-refractivity contribution in [3.8, 4) is 5.75 Å². The summed E-state index contributed by atoms with van der Waals surface area (Å²) in [5.41, 5.74) is 5.96. The van der Waals surface area contributed by atoms with Gasteiger partial charge in [0.2, 0.25) is 5.91 Å². The molecule has 4 nitrogen and oxygen atoms in total. The lowest BCUT2D eigenvalue weighted by Crippen LogP contribution is -2.40. The third kappa shape index (κ3) is 5.14. The Morgan fingerprint density at radius 1 is 1.36 bits per heavy atom. The summed E-state index contributed by atoms with van der Waals surface area (Å²) in [5, 5.41) is 0. The van der Waals surface area contributed by atoms with Crippen molar-refractivity contribution < 1.29 is 13.9 Å². The van der Waals surface area contributed by atoms with Crippen LogP contribution in [0.1, 0.15) is 25.7 Å². The second-order valence-electron chi connectivity index (χ2n) is 5.62. The molecule has 0 aromatic heterocycles. The summed E-state index contributed by atoms with van der Waals surface area (Å²) < 4.78 is 18.2. The maximum atomic E-state index is 12.7. The number of amides is 1. The first-order valence-corrected chi connectivity index (χ1v) is 7.47. The lowest BCUT2D eigenvalue weighted by molar-refractivity contribution is -0.134. The van der Waals surface area contributed by atoms with E-state index in [1.54, 1.807) is 17.0 Å². The predicted molar refractivity (Wildman–Crippen MR) is 86.7 cm³/mol. The Bertz CT molecular complexity index is 470. The number of rotatable bonds is 6. The molecule has 0 radical (unpaired) electrons. The third-order valence-electron chi connectivity index (χ3n) is 3.98. The fourth-order valence-electron chi connectivity index (χ4n) is 2.71. The summed E-state index contributed by atoms with van der Waals surface area (Å²) in [6.45, 7) is 1.14. The highest BCUT2D eigenvalue weighted by atomic mass is 35.5. The number of nitrogens with two attached hydrogens (primary N) is 1. The smallest absolute Gasteiger partial charge is 0.226 e. The summed E-state index contributed by atoms with van der Waals surface area (Å²) in [6, 6.07) is 5.94. The van der Waals surface area contributed by atoms with E-state index in [0.717, 1.165) is 25.7 Å². The van der Waals surface area contributed by atoms with Crippen LogP contribution in [0.3, 0.4) is 0 Å².